The molecule has 4 nitrogen and oxygen atoms in total. The third-order valence-electron chi connectivity index (χ3n) is 3.37. The van der Waals surface area contributed by atoms with Gasteiger partial charge in [-0.05, 0) is 31.4 Å². The number of carbonyl (C=O) groups excluding carboxylic acids is 1. The van der Waals surface area contributed by atoms with E-state index in [1.807, 2.05) is 55.6 Å². The van der Waals surface area contributed by atoms with Gasteiger partial charge in [0, 0.05) is 10.3 Å². The fourth-order valence-corrected chi connectivity index (χ4v) is 3.90. The molecule has 6 heteroatoms. The molecular weight excluding hydrogens is 326 g/mol. The molecule has 3 aromatic rings. The Morgan fingerprint density at radius 1 is 1.26 bits per heavy atom. The van der Waals surface area contributed by atoms with Gasteiger partial charge in [-0.2, -0.15) is 0 Å². The molecule has 0 saturated heterocycles. The second-order valence-corrected chi connectivity index (χ2v) is 7.13. The minimum Gasteiger partial charge on any atom is -0.348 e. The summed E-state index contributed by atoms with van der Waals surface area (Å²) in [7, 11) is 0. The van der Waals surface area contributed by atoms with Crippen LogP contribution in [0.5, 0.6) is 0 Å². The molecule has 0 fully saturated rings. The van der Waals surface area contributed by atoms with Crippen LogP contribution in [0.4, 0.5) is 0 Å². The van der Waals surface area contributed by atoms with Crippen LogP contribution in [0.15, 0.2) is 46.8 Å². The summed E-state index contributed by atoms with van der Waals surface area (Å²) in [5, 5.41) is 6.88. The Morgan fingerprint density at radius 3 is 2.87 bits per heavy atom. The fourth-order valence-electron chi connectivity index (χ4n) is 2.29. The van der Waals surface area contributed by atoms with Gasteiger partial charge in [-0.15, -0.1) is 11.3 Å². The smallest absolute Gasteiger partial charge is 0.230 e. The molecule has 0 aliphatic heterocycles. The summed E-state index contributed by atoms with van der Waals surface area (Å²) in [6.45, 7) is 3.87. The Morgan fingerprint density at radius 2 is 2.09 bits per heavy atom. The van der Waals surface area contributed by atoms with Gasteiger partial charge in [0.1, 0.15) is 10.9 Å². The minimum atomic E-state index is 0.0104. The molecular formula is C17H17N3OS2. The molecule has 23 heavy (non-hydrogen) atoms. The lowest BCUT2D eigenvalue weighted by Gasteiger charge is -2.12. The van der Waals surface area contributed by atoms with Gasteiger partial charge in [0.25, 0.3) is 0 Å². The standard InChI is InChI=1S/C17H17N3OS2/c1-11(15-8-5-9-22-15)18-16(21)10-23-17-13-6-3-4-7-14(13)19-12(2)20-17/h3-9,11H,10H2,1-2H3,(H,18,21)/t11-/m0/s1. The van der Waals surface area contributed by atoms with E-state index in [1.54, 1.807) is 11.3 Å². The molecule has 0 aliphatic carbocycles. The van der Waals surface area contributed by atoms with Gasteiger partial charge < -0.3 is 5.32 Å². The van der Waals surface area contributed by atoms with Crippen LogP contribution in [0.1, 0.15) is 23.7 Å². The summed E-state index contributed by atoms with van der Waals surface area (Å²) in [6, 6.07) is 11.9. The van der Waals surface area contributed by atoms with Crippen molar-refractivity contribution in [2.75, 3.05) is 5.75 Å². The van der Waals surface area contributed by atoms with Gasteiger partial charge in [-0.25, -0.2) is 9.97 Å². The number of aromatic nitrogens is 2. The Kier molecular flexibility index (Phi) is 4.93. The van der Waals surface area contributed by atoms with E-state index in [-0.39, 0.29) is 11.9 Å². The van der Waals surface area contributed by atoms with Gasteiger partial charge in [-0.3, -0.25) is 4.79 Å². The van der Waals surface area contributed by atoms with Crippen LogP contribution in [-0.4, -0.2) is 21.6 Å². The highest BCUT2D eigenvalue weighted by Gasteiger charge is 2.12. The van der Waals surface area contributed by atoms with Crippen molar-refractivity contribution in [3.05, 3.63) is 52.5 Å². The molecule has 0 aliphatic rings. The van der Waals surface area contributed by atoms with Gasteiger partial charge in [0.2, 0.25) is 5.91 Å². The first-order valence-electron chi connectivity index (χ1n) is 7.32. The zero-order chi connectivity index (χ0) is 16.2. The highest BCUT2D eigenvalue weighted by Crippen LogP contribution is 2.25. The van der Waals surface area contributed by atoms with E-state index in [9.17, 15) is 4.79 Å². The first-order chi connectivity index (χ1) is 11.1. The van der Waals surface area contributed by atoms with Crippen LogP contribution >= 0.6 is 23.1 Å². The van der Waals surface area contributed by atoms with E-state index in [2.05, 4.69) is 15.3 Å². The Balaban J connectivity index is 1.67. The van der Waals surface area contributed by atoms with E-state index in [4.69, 9.17) is 0 Å². The number of thioether (sulfide) groups is 1. The predicted octanol–water partition coefficient (Wildman–Crippen LogP) is 3.97. The molecule has 0 unspecified atom stereocenters. The largest absolute Gasteiger partial charge is 0.348 e. The monoisotopic (exact) mass is 343 g/mol. The molecule has 1 amide bonds. The molecule has 1 aromatic carbocycles. The Bertz CT molecular complexity index is 818. The van der Waals surface area contributed by atoms with E-state index < -0.39 is 0 Å². The molecule has 0 spiro atoms. The van der Waals surface area contributed by atoms with Crippen molar-refractivity contribution < 1.29 is 4.79 Å². The number of benzene rings is 1. The average molecular weight is 343 g/mol. The first-order valence-corrected chi connectivity index (χ1v) is 9.19. The number of thiophene rings is 1. The zero-order valence-corrected chi connectivity index (χ0v) is 14.6. The number of rotatable bonds is 5. The Labute approximate surface area is 143 Å². The second-order valence-electron chi connectivity index (χ2n) is 5.19. The van der Waals surface area contributed by atoms with Crippen molar-refractivity contribution in [2.45, 2.75) is 24.9 Å². The van der Waals surface area contributed by atoms with Gasteiger partial charge in [-0.1, -0.05) is 36.0 Å². The maximum atomic E-state index is 12.2. The summed E-state index contributed by atoms with van der Waals surface area (Å²) in [6.07, 6.45) is 0. The number of para-hydroxylation sites is 1. The number of hydrogen-bond acceptors (Lipinski definition) is 5. The topological polar surface area (TPSA) is 54.9 Å². The quantitative estimate of drug-likeness (QED) is 0.562. The number of hydrogen-bond donors (Lipinski definition) is 1. The van der Waals surface area contributed by atoms with Gasteiger partial charge >= 0.3 is 0 Å². The lowest BCUT2D eigenvalue weighted by atomic mass is 10.2. The minimum absolute atomic E-state index is 0.0104. The fraction of sp³-hybridized carbons (Fsp3) is 0.235. The molecule has 1 atom stereocenters. The molecule has 0 bridgehead atoms. The number of nitrogens with zero attached hydrogens (tertiary/aromatic N) is 2. The first kappa shape index (κ1) is 16.0. The Hall–Kier alpha value is -1.92. The lowest BCUT2D eigenvalue weighted by molar-refractivity contribution is -0.119. The highest BCUT2D eigenvalue weighted by atomic mass is 32.2. The van der Waals surface area contributed by atoms with Crippen LogP contribution in [0.3, 0.4) is 0 Å². The van der Waals surface area contributed by atoms with E-state index in [1.165, 1.54) is 11.8 Å². The second kappa shape index (κ2) is 7.10. The third kappa shape index (κ3) is 3.89. The number of nitrogens with one attached hydrogen (secondary N) is 1. The maximum absolute atomic E-state index is 12.2. The molecule has 0 saturated carbocycles. The van der Waals surface area contributed by atoms with Crippen LogP contribution in [0.2, 0.25) is 0 Å². The molecule has 118 valence electrons. The van der Waals surface area contributed by atoms with Crippen molar-refractivity contribution >= 4 is 39.9 Å². The van der Waals surface area contributed by atoms with E-state index in [0.717, 1.165) is 26.6 Å². The summed E-state index contributed by atoms with van der Waals surface area (Å²) < 4.78 is 0. The number of carbonyl (C=O) groups is 1. The third-order valence-corrected chi connectivity index (χ3v) is 5.41. The molecule has 2 heterocycles. The molecule has 1 N–H and O–H groups in total. The zero-order valence-electron chi connectivity index (χ0n) is 12.9. The lowest BCUT2D eigenvalue weighted by Crippen LogP contribution is -2.27. The summed E-state index contributed by atoms with van der Waals surface area (Å²) in [4.78, 5) is 22.2. The van der Waals surface area contributed by atoms with Crippen molar-refractivity contribution in [3.8, 4) is 0 Å². The predicted molar refractivity (Wildman–Crippen MR) is 95.9 cm³/mol. The molecule has 0 radical (unpaired) electrons. The van der Waals surface area contributed by atoms with Crippen molar-refractivity contribution in [1.29, 1.82) is 0 Å². The van der Waals surface area contributed by atoms with Crippen LogP contribution < -0.4 is 5.32 Å². The van der Waals surface area contributed by atoms with E-state index in [0.29, 0.717) is 5.75 Å². The average Bonchev–Trinajstić information content (AvgIpc) is 3.07. The summed E-state index contributed by atoms with van der Waals surface area (Å²) in [5.74, 6) is 1.07. The summed E-state index contributed by atoms with van der Waals surface area (Å²) in [5.41, 5.74) is 0.912. The van der Waals surface area contributed by atoms with Crippen LogP contribution in [-0.2, 0) is 4.79 Å². The number of amides is 1. The van der Waals surface area contributed by atoms with Crippen molar-refractivity contribution in [2.24, 2.45) is 0 Å². The van der Waals surface area contributed by atoms with Crippen LogP contribution in [0, 0.1) is 6.92 Å². The highest BCUT2D eigenvalue weighted by molar-refractivity contribution is 8.00. The van der Waals surface area contributed by atoms with Crippen molar-refractivity contribution in [3.63, 3.8) is 0 Å². The number of fused-ring (bicyclic) bond motifs is 1. The van der Waals surface area contributed by atoms with E-state index >= 15 is 0 Å². The molecule has 2 aromatic heterocycles. The normalized spacial score (nSPS) is 12.3. The maximum Gasteiger partial charge on any atom is 0.230 e. The SMILES string of the molecule is Cc1nc(SCC(=O)N[C@@H](C)c2cccs2)c2ccccc2n1. The summed E-state index contributed by atoms with van der Waals surface area (Å²) >= 11 is 3.10. The number of aryl methyl sites for hydroxylation is 1. The van der Waals surface area contributed by atoms with Crippen molar-refractivity contribution in [1.82, 2.24) is 15.3 Å². The van der Waals surface area contributed by atoms with Gasteiger partial charge in [0.15, 0.2) is 0 Å². The van der Waals surface area contributed by atoms with Crippen LogP contribution in [0.25, 0.3) is 10.9 Å². The molecule has 3 rings (SSSR count). The van der Waals surface area contributed by atoms with Gasteiger partial charge in [0.05, 0.1) is 17.3 Å².